The first-order chi connectivity index (χ1) is 15.1. The van der Waals surface area contributed by atoms with Crippen LogP contribution in [0.25, 0.3) is 11.3 Å². The van der Waals surface area contributed by atoms with Gasteiger partial charge >= 0.3 is 0 Å². The second-order valence-electron chi connectivity index (χ2n) is 7.69. The van der Waals surface area contributed by atoms with Crippen molar-refractivity contribution in [2.75, 3.05) is 27.3 Å². The number of amides is 1. The average Bonchev–Trinajstić information content (AvgIpc) is 3.25. The second-order valence-corrected chi connectivity index (χ2v) is 7.69. The van der Waals surface area contributed by atoms with E-state index < -0.39 is 0 Å². The van der Waals surface area contributed by atoms with Gasteiger partial charge in [-0.2, -0.15) is 0 Å². The summed E-state index contributed by atoms with van der Waals surface area (Å²) in [6, 6.07) is 7.38. The van der Waals surface area contributed by atoms with Crippen LogP contribution in [0.1, 0.15) is 35.7 Å². The van der Waals surface area contributed by atoms with Crippen molar-refractivity contribution in [3.8, 4) is 22.8 Å². The Morgan fingerprint density at radius 1 is 1.26 bits per heavy atom. The van der Waals surface area contributed by atoms with Gasteiger partial charge in [0.25, 0.3) is 0 Å². The topological polar surface area (TPSA) is 90.6 Å². The van der Waals surface area contributed by atoms with E-state index in [1.807, 2.05) is 36.1 Å². The van der Waals surface area contributed by atoms with Gasteiger partial charge in [0.05, 0.1) is 37.6 Å². The molecule has 8 heteroatoms. The summed E-state index contributed by atoms with van der Waals surface area (Å²) in [7, 11) is 3.21. The largest absolute Gasteiger partial charge is 0.497 e. The van der Waals surface area contributed by atoms with E-state index in [1.54, 1.807) is 26.7 Å². The standard InChI is InChI=1S/C23H26N4O4/c1-15-9-21(31-26-15)19-12-24-14-25-23(19)16-5-4-8-27(13-16)22(28)11-17-10-18(29-2)6-7-20(17)30-3/h6-7,9-10,12,14,16H,4-5,8,11,13H2,1-3H3/t16-/m0/s1. The first kappa shape index (κ1) is 20.8. The van der Waals surface area contributed by atoms with Gasteiger partial charge in [-0.25, -0.2) is 9.97 Å². The van der Waals surface area contributed by atoms with Crippen LogP contribution >= 0.6 is 0 Å². The third-order valence-electron chi connectivity index (χ3n) is 5.63. The zero-order chi connectivity index (χ0) is 21.8. The molecule has 0 bridgehead atoms. The van der Waals surface area contributed by atoms with Gasteiger partial charge < -0.3 is 18.9 Å². The highest BCUT2D eigenvalue weighted by atomic mass is 16.5. The Kier molecular flexibility index (Phi) is 6.16. The quantitative estimate of drug-likeness (QED) is 0.601. The van der Waals surface area contributed by atoms with Crippen LogP contribution in [0.15, 0.2) is 41.3 Å². The van der Waals surface area contributed by atoms with Crippen molar-refractivity contribution in [2.45, 2.75) is 32.1 Å². The molecule has 8 nitrogen and oxygen atoms in total. The van der Waals surface area contributed by atoms with E-state index in [0.717, 1.165) is 41.9 Å². The fourth-order valence-corrected chi connectivity index (χ4v) is 4.07. The highest BCUT2D eigenvalue weighted by Crippen LogP contribution is 2.33. The molecule has 0 radical (unpaired) electrons. The summed E-state index contributed by atoms with van der Waals surface area (Å²) in [5.41, 5.74) is 3.34. The van der Waals surface area contributed by atoms with Crippen molar-refractivity contribution in [2.24, 2.45) is 0 Å². The Hall–Kier alpha value is -3.42. The number of likely N-dealkylation sites (tertiary alicyclic amines) is 1. The Labute approximate surface area is 181 Å². The second kappa shape index (κ2) is 9.16. The first-order valence-electron chi connectivity index (χ1n) is 10.3. The van der Waals surface area contributed by atoms with Gasteiger partial charge in [-0.05, 0) is 38.0 Å². The maximum atomic E-state index is 13.1. The SMILES string of the molecule is COc1ccc(OC)c(CC(=O)N2CCC[C@H](c3ncncc3-c3cc(C)no3)C2)c1. The number of methoxy groups -OCH3 is 2. The number of benzene rings is 1. The number of aromatic nitrogens is 3. The van der Waals surface area contributed by atoms with Gasteiger partial charge in [-0.1, -0.05) is 5.16 Å². The molecule has 4 rings (SSSR count). The van der Waals surface area contributed by atoms with Crippen molar-refractivity contribution >= 4 is 5.91 Å². The number of carbonyl (C=O) groups is 1. The van der Waals surface area contributed by atoms with Crippen LogP contribution in [0.4, 0.5) is 0 Å². The maximum Gasteiger partial charge on any atom is 0.227 e. The maximum absolute atomic E-state index is 13.1. The summed E-state index contributed by atoms with van der Waals surface area (Å²) in [6.45, 7) is 3.20. The first-order valence-corrected chi connectivity index (χ1v) is 10.3. The molecule has 1 amide bonds. The van der Waals surface area contributed by atoms with Crippen molar-refractivity contribution in [3.05, 3.63) is 53.7 Å². The molecule has 1 aromatic carbocycles. The normalized spacial score (nSPS) is 16.2. The molecular weight excluding hydrogens is 396 g/mol. The molecule has 0 N–H and O–H groups in total. The molecule has 0 spiro atoms. The van der Waals surface area contributed by atoms with E-state index in [-0.39, 0.29) is 18.2 Å². The van der Waals surface area contributed by atoms with Crippen LogP contribution in [-0.2, 0) is 11.2 Å². The third kappa shape index (κ3) is 4.52. The molecule has 31 heavy (non-hydrogen) atoms. The number of carbonyl (C=O) groups excluding carboxylic acids is 1. The molecule has 1 aliphatic rings. The van der Waals surface area contributed by atoms with Crippen LogP contribution in [0.2, 0.25) is 0 Å². The molecule has 1 atom stereocenters. The number of hydrogen-bond acceptors (Lipinski definition) is 7. The Morgan fingerprint density at radius 2 is 2.13 bits per heavy atom. The van der Waals surface area contributed by atoms with Gasteiger partial charge in [0.1, 0.15) is 17.8 Å². The number of piperidine rings is 1. The minimum Gasteiger partial charge on any atom is -0.497 e. The molecule has 0 aliphatic carbocycles. The fourth-order valence-electron chi connectivity index (χ4n) is 4.07. The number of ether oxygens (including phenoxy) is 2. The summed E-state index contributed by atoms with van der Waals surface area (Å²) in [4.78, 5) is 23.8. The number of nitrogens with zero attached hydrogens (tertiary/aromatic N) is 4. The lowest BCUT2D eigenvalue weighted by atomic mass is 9.91. The van der Waals surface area contributed by atoms with E-state index >= 15 is 0 Å². The Bertz CT molecular complexity index is 1070. The van der Waals surface area contributed by atoms with Crippen LogP contribution in [0.3, 0.4) is 0 Å². The van der Waals surface area contributed by atoms with Gasteiger partial charge in [-0.15, -0.1) is 0 Å². The number of aryl methyl sites for hydroxylation is 1. The minimum atomic E-state index is 0.0577. The summed E-state index contributed by atoms with van der Waals surface area (Å²) >= 11 is 0. The molecule has 1 aliphatic heterocycles. The lowest BCUT2D eigenvalue weighted by molar-refractivity contribution is -0.131. The molecule has 3 heterocycles. The fraction of sp³-hybridized carbons (Fsp3) is 0.391. The molecule has 1 fully saturated rings. The molecular formula is C23H26N4O4. The van der Waals surface area contributed by atoms with Gasteiger partial charge in [0.2, 0.25) is 5.91 Å². The third-order valence-corrected chi connectivity index (χ3v) is 5.63. The van der Waals surface area contributed by atoms with Gasteiger partial charge in [-0.3, -0.25) is 4.79 Å². The van der Waals surface area contributed by atoms with E-state index in [1.165, 1.54) is 0 Å². The highest BCUT2D eigenvalue weighted by molar-refractivity contribution is 5.80. The summed E-state index contributed by atoms with van der Waals surface area (Å²) in [6.07, 6.45) is 5.41. The van der Waals surface area contributed by atoms with Crippen molar-refractivity contribution < 1.29 is 18.8 Å². The summed E-state index contributed by atoms with van der Waals surface area (Å²) in [5, 5.41) is 3.98. The molecule has 162 valence electrons. The molecule has 0 saturated carbocycles. The lowest BCUT2D eigenvalue weighted by Gasteiger charge is -2.33. The van der Waals surface area contributed by atoms with E-state index in [4.69, 9.17) is 14.0 Å². The lowest BCUT2D eigenvalue weighted by Crippen LogP contribution is -2.40. The van der Waals surface area contributed by atoms with Gasteiger partial charge in [0, 0.05) is 36.8 Å². The van der Waals surface area contributed by atoms with Crippen LogP contribution in [0, 0.1) is 6.92 Å². The Balaban J connectivity index is 1.53. The van der Waals surface area contributed by atoms with E-state index in [0.29, 0.717) is 23.8 Å². The van der Waals surface area contributed by atoms with Crippen molar-refractivity contribution in [1.29, 1.82) is 0 Å². The molecule has 0 unspecified atom stereocenters. The zero-order valence-electron chi connectivity index (χ0n) is 18.0. The van der Waals surface area contributed by atoms with Crippen LogP contribution < -0.4 is 9.47 Å². The predicted octanol–water partition coefficient (Wildman–Crippen LogP) is 3.41. The minimum absolute atomic E-state index is 0.0577. The predicted molar refractivity (Wildman–Crippen MR) is 114 cm³/mol. The molecule has 3 aromatic rings. The average molecular weight is 422 g/mol. The summed E-state index contributed by atoms with van der Waals surface area (Å²) in [5.74, 6) is 2.20. The zero-order valence-corrected chi connectivity index (χ0v) is 18.0. The number of rotatable bonds is 6. The monoisotopic (exact) mass is 422 g/mol. The smallest absolute Gasteiger partial charge is 0.227 e. The van der Waals surface area contributed by atoms with E-state index in [2.05, 4.69) is 15.1 Å². The summed E-state index contributed by atoms with van der Waals surface area (Å²) < 4.78 is 16.2. The van der Waals surface area contributed by atoms with Gasteiger partial charge in [0.15, 0.2) is 5.76 Å². The number of hydrogen-bond donors (Lipinski definition) is 0. The van der Waals surface area contributed by atoms with Crippen molar-refractivity contribution in [1.82, 2.24) is 20.0 Å². The van der Waals surface area contributed by atoms with Crippen LogP contribution in [-0.4, -0.2) is 53.2 Å². The molecule has 2 aromatic heterocycles. The molecule has 1 saturated heterocycles. The highest BCUT2D eigenvalue weighted by Gasteiger charge is 2.29. The Morgan fingerprint density at radius 3 is 2.87 bits per heavy atom. The van der Waals surface area contributed by atoms with E-state index in [9.17, 15) is 4.79 Å². The van der Waals surface area contributed by atoms with Crippen LogP contribution in [0.5, 0.6) is 11.5 Å². The van der Waals surface area contributed by atoms with Crippen molar-refractivity contribution in [3.63, 3.8) is 0 Å².